The quantitative estimate of drug-likeness (QED) is 0.566. The average Bonchev–Trinajstić information content (AvgIpc) is 2.18. The second-order valence-corrected chi connectivity index (χ2v) is 5.14. The van der Waals surface area contributed by atoms with Crippen LogP contribution >= 0.6 is 0 Å². The van der Waals surface area contributed by atoms with E-state index in [1.807, 2.05) is 0 Å². The molecule has 0 aromatic carbocycles. The van der Waals surface area contributed by atoms with Gasteiger partial charge in [-0.2, -0.15) is 0 Å². The first-order chi connectivity index (χ1) is 7.97. The van der Waals surface area contributed by atoms with Crippen molar-refractivity contribution in [3.63, 3.8) is 0 Å². The lowest BCUT2D eigenvalue weighted by Gasteiger charge is -2.22. The van der Waals surface area contributed by atoms with Crippen LogP contribution in [0.5, 0.6) is 0 Å². The maximum atomic E-state index is 2.38. The molecule has 0 nitrogen and oxygen atoms in total. The summed E-state index contributed by atoms with van der Waals surface area (Å²) in [4.78, 5) is 0. The van der Waals surface area contributed by atoms with E-state index in [-0.39, 0.29) is 0 Å². The third-order valence-electron chi connectivity index (χ3n) is 3.90. The van der Waals surface area contributed by atoms with Crippen LogP contribution in [-0.2, 0) is 0 Å². The van der Waals surface area contributed by atoms with Crippen molar-refractivity contribution >= 4 is 0 Å². The van der Waals surface area contributed by atoms with E-state index in [9.17, 15) is 0 Å². The molecular formula is C16H24. The van der Waals surface area contributed by atoms with E-state index in [0.29, 0.717) is 0 Å². The monoisotopic (exact) mass is 216 g/mol. The number of hydrogen-bond donors (Lipinski definition) is 0. The standard InChI is InChI=1S/C16H24/c1-3-7-11-15(12-8-4-1)16-13-9-5-2-6-10-14-16/h1,3-4,7,11,16H,2,5-6,8-10,12-14H2. The smallest absolute Gasteiger partial charge is 0.0200 e. The summed E-state index contributed by atoms with van der Waals surface area (Å²) in [6.07, 6.45) is 23.9. The summed E-state index contributed by atoms with van der Waals surface area (Å²) in [5.41, 5.74) is 1.71. The summed E-state index contributed by atoms with van der Waals surface area (Å²) in [6.45, 7) is 0. The number of rotatable bonds is 1. The van der Waals surface area contributed by atoms with Gasteiger partial charge in [-0.25, -0.2) is 0 Å². The van der Waals surface area contributed by atoms with Crippen LogP contribution in [0.25, 0.3) is 0 Å². The minimum absolute atomic E-state index is 0.886. The lowest BCUT2D eigenvalue weighted by molar-refractivity contribution is 0.412. The van der Waals surface area contributed by atoms with Gasteiger partial charge in [0.2, 0.25) is 0 Å². The Kier molecular flexibility index (Phi) is 4.92. The Hall–Kier alpha value is -0.780. The van der Waals surface area contributed by atoms with Gasteiger partial charge in [0.25, 0.3) is 0 Å². The third-order valence-corrected chi connectivity index (χ3v) is 3.90. The van der Waals surface area contributed by atoms with Gasteiger partial charge in [0, 0.05) is 0 Å². The van der Waals surface area contributed by atoms with Crippen molar-refractivity contribution in [2.75, 3.05) is 0 Å². The van der Waals surface area contributed by atoms with Crippen molar-refractivity contribution in [3.05, 3.63) is 36.0 Å². The Morgan fingerprint density at radius 1 is 0.812 bits per heavy atom. The average molecular weight is 216 g/mol. The number of allylic oxidation sites excluding steroid dienone is 6. The molecular weight excluding hydrogens is 192 g/mol. The molecule has 0 atom stereocenters. The van der Waals surface area contributed by atoms with Crippen molar-refractivity contribution in [1.82, 2.24) is 0 Å². The van der Waals surface area contributed by atoms with Gasteiger partial charge in [-0.15, -0.1) is 0 Å². The fourth-order valence-corrected chi connectivity index (χ4v) is 2.92. The van der Waals surface area contributed by atoms with Crippen molar-refractivity contribution in [2.24, 2.45) is 5.92 Å². The normalized spacial score (nSPS) is 24.1. The maximum Gasteiger partial charge on any atom is -0.0200 e. The van der Waals surface area contributed by atoms with Gasteiger partial charge in [0.1, 0.15) is 0 Å². The predicted octanol–water partition coefficient (Wildman–Crippen LogP) is 5.18. The van der Waals surface area contributed by atoms with Crippen LogP contribution in [0.2, 0.25) is 0 Å². The Morgan fingerprint density at radius 3 is 2.38 bits per heavy atom. The summed E-state index contributed by atoms with van der Waals surface area (Å²) < 4.78 is 0. The SMILES string of the molecule is C1=CC=C(C2CCCCCCC2)CCC=C1. The molecule has 1 saturated carbocycles. The zero-order valence-electron chi connectivity index (χ0n) is 10.3. The molecule has 0 spiro atoms. The molecule has 16 heavy (non-hydrogen) atoms. The van der Waals surface area contributed by atoms with Crippen LogP contribution in [0.3, 0.4) is 0 Å². The molecule has 0 amide bonds. The van der Waals surface area contributed by atoms with E-state index in [0.717, 1.165) is 5.92 Å². The molecule has 0 saturated heterocycles. The minimum atomic E-state index is 0.886. The molecule has 0 heterocycles. The van der Waals surface area contributed by atoms with Gasteiger partial charge in [-0.3, -0.25) is 0 Å². The molecule has 0 bridgehead atoms. The highest BCUT2D eigenvalue weighted by Crippen LogP contribution is 2.30. The maximum absolute atomic E-state index is 2.38. The highest BCUT2D eigenvalue weighted by atomic mass is 14.2. The van der Waals surface area contributed by atoms with Gasteiger partial charge in [0.05, 0.1) is 0 Å². The lowest BCUT2D eigenvalue weighted by Crippen LogP contribution is -2.07. The summed E-state index contributed by atoms with van der Waals surface area (Å²) in [7, 11) is 0. The van der Waals surface area contributed by atoms with Crippen molar-refractivity contribution in [1.29, 1.82) is 0 Å². The highest BCUT2D eigenvalue weighted by Gasteiger charge is 2.15. The van der Waals surface area contributed by atoms with Gasteiger partial charge < -0.3 is 0 Å². The first-order valence-electron chi connectivity index (χ1n) is 6.99. The fourth-order valence-electron chi connectivity index (χ4n) is 2.92. The van der Waals surface area contributed by atoms with E-state index >= 15 is 0 Å². The second-order valence-electron chi connectivity index (χ2n) is 5.14. The summed E-state index contributed by atoms with van der Waals surface area (Å²) in [6, 6.07) is 0. The zero-order valence-corrected chi connectivity index (χ0v) is 10.3. The van der Waals surface area contributed by atoms with E-state index in [2.05, 4.69) is 30.4 Å². The van der Waals surface area contributed by atoms with Crippen molar-refractivity contribution < 1.29 is 0 Å². The number of hydrogen-bond acceptors (Lipinski definition) is 0. The van der Waals surface area contributed by atoms with Gasteiger partial charge in [-0.05, 0) is 31.6 Å². The van der Waals surface area contributed by atoms with Gasteiger partial charge >= 0.3 is 0 Å². The lowest BCUT2D eigenvalue weighted by atomic mass is 9.83. The Labute approximate surface area is 100 Å². The molecule has 88 valence electrons. The van der Waals surface area contributed by atoms with Crippen LogP contribution in [0.15, 0.2) is 36.0 Å². The Bertz CT molecular complexity index is 272. The molecule has 2 aliphatic carbocycles. The topological polar surface area (TPSA) is 0 Å². The predicted molar refractivity (Wildman–Crippen MR) is 71.4 cm³/mol. The molecule has 0 radical (unpaired) electrons. The highest BCUT2D eigenvalue weighted by molar-refractivity contribution is 5.21. The molecule has 0 aliphatic heterocycles. The van der Waals surface area contributed by atoms with Crippen LogP contribution in [0.4, 0.5) is 0 Å². The largest absolute Gasteiger partial charge is 0.0842 e. The van der Waals surface area contributed by atoms with Crippen LogP contribution in [0, 0.1) is 5.92 Å². The Balaban J connectivity index is 1.97. The van der Waals surface area contributed by atoms with Gasteiger partial charge in [0.15, 0.2) is 0 Å². The summed E-state index contributed by atoms with van der Waals surface area (Å²) in [5.74, 6) is 0.886. The molecule has 2 aliphatic rings. The summed E-state index contributed by atoms with van der Waals surface area (Å²) >= 11 is 0. The van der Waals surface area contributed by atoms with E-state index < -0.39 is 0 Å². The molecule has 0 heteroatoms. The van der Waals surface area contributed by atoms with E-state index in [1.54, 1.807) is 5.57 Å². The fraction of sp³-hybridized carbons (Fsp3) is 0.625. The molecule has 1 fully saturated rings. The molecule has 0 aromatic heterocycles. The van der Waals surface area contributed by atoms with Crippen LogP contribution in [-0.4, -0.2) is 0 Å². The Morgan fingerprint density at radius 2 is 1.56 bits per heavy atom. The van der Waals surface area contributed by atoms with Crippen LogP contribution in [0.1, 0.15) is 57.8 Å². The van der Waals surface area contributed by atoms with E-state index in [1.165, 1.54) is 57.8 Å². The van der Waals surface area contributed by atoms with Gasteiger partial charge in [-0.1, -0.05) is 68.1 Å². The van der Waals surface area contributed by atoms with Crippen molar-refractivity contribution in [3.8, 4) is 0 Å². The van der Waals surface area contributed by atoms with E-state index in [4.69, 9.17) is 0 Å². The van der Waals surface area contributed by atoms with Crippen LogP contribution < -0.4 is 0 Å². The minimum Gasteiger partial charge on any atom is -0.0842 e. The molecule has 0 aromatic rings. The molecule has 0 unspecified atom stereocenters. The molecule has 0 N–H and O–H groups in total. The first-order valence-corrected chi connectivity index (χ1v) is 6.99. The molecule has 2 rings (SSSR count). The third kappa shape index (κ3) is 3.66. The second kappa shape index (κ2) is 6.73. The zero-order chi connectivity index (χ0) is 11.1. The van der Waals surface area contributed by atoms with Crippen molar-refractivity contribution in [2.45, 2.75) is 57.8 Å². The summed E-state index contributed by atoms with van der Waals surface area (Å²) in [5, 5.41) is 0. The first kappa shape index (κ1) is 11.7.